The van der Waals surface area contributed by atoms with Gasteiger partial charge in [-0.15, -0.1) is 0 Å². The van der Waals surface area contributed by atoms with Gasteiger partial charge in [0.25, 0.3) is 0 Å². The molecule has 0 saturated heterocycles. The second-order valence-corrected chi connectivity index (χ2v) is 4.33. The summed E-state index contributed by atoms with van der Waals surface area (Å²) in [5, 5.41) is 0. The summed E-state index contributed by atoms with van der Waals surface area (Å²) in [6.07, 6.45) is 0. The Morgan fingerprint density at radius 3 is 2.47 bits per heavy atom. The molecule has 0 aliphatic heterocycles. The van der Waals surface area contributed by atoms with Gasteiger partial charge in [0.1, 0.15) is 6.61 Å². The summed E-state index contributed by atoms with van der Waals surface area (Å²) in [6, 6.07) is 11.0. The predicted octanol–water partition coefficient (Wildman–Crippen LogP) is 3.48. The van der Waals surface area contributed by atoms with E-state index >= 15 is 0 Å². The van der Waals surface area contributed by atoms with Crippen LogP contribution in [0.15, 0.2) is 36.4 Å². The first kappa shape index (κ1) is 13.4. The number of halogens is 2. The van der Waals surface area contributed by atoms with Gasteiger partial charge in [0.15, 0.2) is 0 Å². The molecule has 0 atom stereocenters. The SMILES string of the molecule is Cc1cc(OCc2ccccc2)nc(C(C)(F)F)n1. The number of hydrogen-bond donors (Lipinski definition) is 0. The monoisotopic (exact) mass is 264 g/mol. The van der Waals surface area contributed by atoms with Gasteiger partial charge in [-0.3, -0.25) is 0 Å². The van der Waals surface area contributed by atoms with Crippen molar-refractivity contribution in [3.8, 4) is 5.88 Å². The first-order valence-electron chi connectivity index (χ1n) is 5.86. The third kappa shape index (κ3) is 3.71. The topological polar surface area (TPSA) is 35.0 Å². The number of aromatic nitrogens is 2. The summed E-state index contributed by atoms with van der Waals surface area (Å²) < 4.78 is 31.8. The van der Waals surface area contributed by atoms with E-state index in [4.69, 9.17) is 4.74 Å². The number of aryl methyl sites for hydroxylation is 1. The lowest BCUT2D eigenvalue weighted by Crippen LogP contribution is -2.14. The Kier molecular flexibility index (Phi) is 3.74. The van der Waals surface area contributed by atoms with Crippen molar-refractivity contribution in [1.29, 1.82) is 0 Å². The summed E-state index contributed by atoms with van der Waals surface area (Å²) in [4.78, 5) is 7.46. The van der Waals surface area contributed by atoms with E-state index in [0.717, 1.165) is 12.5 Å². The van der Waals surface area contributed by atoms with Crippen LogP contribution < -0.4 is 4.74 Å². The van der Waals surface area contributed by atoms with E-state index in [2.05, 4.69) is 9.97 Å². The van der Waals surface area contributed by atoms with E-state index in [0.29, 0.717) is 5.69 Å². The minimum Gasteiger partial charge on any atom is -0.473 e. The highest BCUT2D eigenvalue weighted by atomic mass is 19.3. The third-order valence-electron chi connectivity index (χ3n) is 2.45. The molecule has 0 saturated carbocycles. The zero-order valence-electron chi connectivity index (χ0n) is 10.7. The molecule has 0 aliphatic rings. The Balaban J connectivity index is 2.15. The van der Waals surface area contributed by atoms with Gasteiger partial charge in [0, 0.05) is 18.7 Å². The minimum absolute atomic E-state index is 0.160. The van der Waals surface area contributed by atoms with Crippen molar-refractivity contribution in [2.45, 2.75) is 26.4 Å². The molecule has 0 spiro atoms. The fraction of sp³-hybridized carbons (Fsp3) is 0.286. The van der Waals surface area contributed by atoms with E-state index in [-0.39, 0.29) is 12.5 Å². The van der Waals surface area contributed by atoms with Crippen LogP contribution >= 0.6 is 0 Å². The molecule has 100 valence electrons. The summed E-state index contributed by atoms with van der Waals surface area (Å²) in [7, 11) is 0. The number of rotatable bonds is 4. The Labute approximate surface area is 110 Å². The van der Waals surface area contributed by atoms with Gasteiger partial charge in [0.2, 0.25) is 11.7 Å². The van der Waals surface area contributed by atoms with Crippen LogP contribution in [-0.4, -0.2) is 9.97 Å². The van der Waals surface area contributed by atoms with Crippen LogP contribution in [0.4, 0.5) is 8.78 Å². The average Bonchev–Trinajstić information content (AvgIpc) is 2.36. The molecule has 2 rings (SSSR count). The largest absolute Gasteiger partial charge is 0.473 e. The quantitative estimate of drug-likeness (QED) is 0.848. The highest BCUT2D eigenvalue weighted by molar-refractivity contribution is 5.19. The highest BCUT2D eigenvalue weighted by Crippen LogP contribution is 2.25. The second kappa shape index (κ2) is 5.30. The standard InChI is InChI=1S/C14H14F2N2O/c1-10-8-12(18-13(17-10)14(2,15)16)19-9-11-6-4-3-5-7-11/h3-8H,9H2,1-2H3. The molecule has 0 aliphatic carbocycles. The number of ether oxygens (including phenoxy) is 1. The normalized spacial score (nSPS) is 11.4. The Hall–Kier alpha value is -2.04. The molecule has 5 heteroatoms. The van der Waals surface area contributed by atoms with Crippen LogP contribution in [0.1, 0.15) is 24.0 Å². The van der Waals surface area contributed by atoms with Crippen molar-refractivity contribution in [2.75, 3.05) is 0 Å². The maximum absolute atomic E-state index is 13.2. The fourth-order valence-corrected chi connectivity index (χ4v) is 1.54. The minimum atomic E-state index is -3.07. The Morgan fingerprint density at radius 1 is 1.16 bits per heavy atom. The van der Waals surface area contributed by atoms with Crippen molar-refractivity contribution in [2.24, 2.45) is 0 Å². The second-order valence-electron chi connectivity index (χ2n) is 4.33. The molecule has 1 aromatic carbocycles. The summed E-state index contributed by atoms with van der Waals surface area (Å²) in [6.45, 7) is 2.68. The van der Waals surface area contributed by atoms with Gasteiger partial charge in [0.05, 0.1) is 0 Å². The van der Waals surface area contributed by atoms with Gasteiger partial charge in [-0.1, -0.05) is 30.3 Å². The van der Waals surface area contributed by atoms with Crippen molar-refractivity contribution in [1.82, 2.24) is 9.97 Å². The van der Waals surface area contributed by atoms with Crippen molar-refractivity contribution in [3.63, 3.8) is 0 Å². The van der Waals surface area contributed by atoms with Gasteiger partial charge in [-0.05, 0) is 12.5 Å². The van der Waals surface area contributed by atoms with Gasteiger partial charge >= 0.3 is 5.92 Å². The lowest BCUT2D eigenvalue weighted by molar-refractivity contribution is 0.00672. The summed E-state index contributed by atoms with van der Waals surface area (Å²) in [5.41, 5.74) is 1.40. The average molecular weight is 264 g/mol. The molecule has 0 radical (unpaired) electrons. The fourth-order valence-electron chi connectivity index (χ4n) is 1.54. The molecule has 0 fully saturated rings. The molecule has 3 nitrogen and oxygen atoms in total. The molecule has 19 heavy (non-hydrogen) atoms. The van der Waals surface area contributed by atoms with E-state index < -0.39 is 11.7 Å². The molecule has 0 N–H and O–H groups in total. The maximum Gasteiger partial charge on any atom is 0.303 e. The molecule has 1 aromatic heterocycles. The summed E-state index contributed by atoms with van der Waals surface area (Å²) >= 11 is 0. The zero-order chi connectivity index (χ0) is 13.9. The molecule has 2 aromatic rings. The van der Waals surface area contributed by atoms with Gasteiger partial charge < -0.3 is 4.74 Å². The molecule has 0 unspecified atom stereocenters. The molecule has 1 heterocycles. The lowest BCUT2D eigenvalue weighted by atomic mass is 10.2. The van der Waals surface area contributed by atoms with Crippen LogP contribution in [0, 0.1) is 6.92 Å². The Bertz CT molecular complexity index is 553. The smallest absolute Gasteiger partial charge is 0.303 e. The van der Waals surface area contributed by atoms with Crippen LogP contribution in [0.2, 0.25) is 0 Å². The number of benzene rings is 1. The highest BCUT2D eigenvalue weighted by Gasteiger charge is 2.29. The molecular weight excluding hydrogens is 250 g/mol. The number of hydrogen-bond acceptors (Lipinski definition) is 3. The third-order valence-corrected chi connectivity index (χ3v) is 2.45. The van der Waals surface area contributed by atoms with Crippen LogP contribution in [-0.2, 0) is 12.5 Å². The first-order chi connectivity index (χ1) is 8.95. The van der Waals surface area contributed by atoms with E-state index in [1.807, 2.05) is 30.3 Å². The van der Waals surface area contributed by atoms with Crippen molar-refractivity contribution < 1.29 is 13.5 Å². The number of nitrogens with zero attached hydrogens (tertiary/aromatic N) is 2. The van der Waals surface area contributed by atoms with E-state index in [1.165, 1.54) is 6.07 Å². The van der Waals surface area contributed by atoms with Crippen molar-refractivity contribution in [3.05, 3.63) is 53.5 Å². The van der Waals surface area contributed by atoms with Crippen LogP contribution in [0.25, 0.3) is 0 Å². The van der Waals surface area contributed by atoms with Gasteiger partial charge in [-0.25, -0.2) is 4.98 Å². The van der Waals surface area contributed by atoms with E-state index in [9.17, 15) is 8.78 Å². The Morgan fingerprint density at radius 2 is 1.84 bits per heavy atom. The molecule has 0 bridgehead atoms. The van der Waals surface area contributed by atoms with Crippen LogP contribution in [0.3, 0.4) is 0 Å². The maximum atomic E-state index is 13.2. The predicted molar refractivity (Wildman–Crippen MR) is 67.1 cm³/mol. The lowest BCUT2D eigenvalue weighted by Gasteiger charge is -2.12. The van der Waals surface area contributed by atoms with Gasteiger partial charge in [-0.2, -0.15) is 13.8 Å². The first-order valence-corrected chi connectivity index (χ1v) is 5.86. The number of alkyl halides is 2. The van der Waals surface area contributed by atoms with Crippen molar-refractivity contribution >= 4 is 0 Å². The molecular formula is C14H14F2N2O. The summed E-state index contributed by atoms with van der Waals surface area (Å²) in [5.74, 6) is -3.43. The zero-order valence-corrected chi connectivity index (χ0v) is 10.7. The molecule has 0 amide bonds. The van der Waals surface area contributed by atoms with Crippen LogP contribution in [0.5, 0.6) is 5.88 Å². The van der Waals surface area contributed by atoms with E-state index in [1.54, 1.807) is 6.92 Å².